The molecule has 2 aromatic rings. The first-order valence-corrected chi connectivity index (χ1v) is 7.01. The van der Waals surface area contributed by atoms with Crippen molar-refractivity contribution in [2.24, 2.45) is 0 Å². The number of carbonyl (C=O) groups is 2. The van der Waals surface area contributed by atoms with Gasteiger partial charge in [0.1, 0.15) is 0 Å². The van der Waals surface area contributed by atoms with Crippen molar-refractivity contribution in [2.45, 2.75) is 13.8 Å². The van der Waals surface area contributed by atoms with Gasteiger partial charge in [-0.2, -0.15) is 0 Å². The molecule has 6 heteroatoms. The average molecular weight is 316 g/mol. The molecule has 0 saturated heterocycles. The fourth-order valence-electron chi connectivity index (χ4n) is 2.00. The number of hydrogen-bond acceptors (Lipinski definition) is 3. The Morgan fingerprint density at radius 2 is 1.83 bits per heavy atom. The molecule has 0 fully saturated rings. The zero-order valence-corrected chi connectivity index (χ0v) is 12.9. The number of amides is 2. The highest BCUT2D eigenvalue weighted by molar-refractivity contribution is 5.96. The number of halogens is 1. The van der Waals surface area contributed by atoms with Gasteiger partial charge < -0.3 is 4.74 Å². The lowest BCUT2D eigenvalue weighted by atomic mass is 10.1. The summed E-state index contributed by atoms with van der Waals surface area (Å²) in [6.07, 6.45) is 0. The Morgan fingerprint density at radius 1 is 1.09 bits per heavy atom. The van der Waals surface area contributed by atoms with E-state index < -0.39 is 24.2 Å². The molecule has 0 atom stereocenters. The Morgan fingerprint density at radius 3 is 2.52 bits per heavy atom. The molecule has 23 heavy (non-hydrogen) atoms. The molecule has 0 radical (unpaired) electrons. The molecule has 0 unspecified atom stereocenters. The summed E-state index contributed by atoms with van der Waals surface area (Å²) in [7, 11) is 0. The van der Waals surface area contributed by atoms with Gasteiger partial charge in [0.15, 0.2) is 18.2 Å². The van der Waals surface area contributed by atoms with Crippen LogP contribution in [0.1, 0.15) is 21.5 Å². The third kappa shape index (κ3) is 4.54. The van der Waals surface area contributed by atoms with Gasteiger partial charge in [-0.25, -0.2) is 4.39 Å². The molecule has 0 spiro atoms. The summed E-state index contributed by atoms with van der Waals surface area (Å²) in [6.45, 7) is 3.33. The molecule has 0 bridgehead atoms. The van der Waals surface area contributed by atoms with Crippen LogP contribution in [0.15, 0.2) is 42.5 Å². The van der Waals surface area contributed by atoms with E-state index in [4.69, 9.17) is 4.74 Å². The average Bonchev–Trinajstić information content (AvgIpc) is 2.52. The minimum atomic E-state index is -0.591. The van der Waals surface area contributed by atoms with Crippen molar-refractivity contribution < 1.29 is 18.7 Å². The number of benzene rings is 2. The smallest absolute Gasteiger partial charge is 0.276 e. The lowest BCUT2D eigenvalue weighted by Gasteiger charge is -2.10. The van der Waals surface area contributed by atoms with Crippen LogP contribution in [0.5, 0.6) is 5.75 Å². The largest absolute Gasteiger partial charge is 0.481 e. The lowest BCUT2D eigenvalue weighted by Crippen LogP contribution is -2.44. The van der Waals surface area contributed by atoms with Crippen molar-refractivity contribution in [2.75, 3.05) is 6.61 Å². The van der Waals surface area contributed by atoms with Crippen LogP contribution in [0.3, 0.4) is 0 Å². The summed E-state index contributed by atoms with van der Waals surface area (Å²) in [6, 6.07) is 11.1. The van der Waals surface area contributed by atoms with Crippen molar-refractivity contribution in [3.8, 4) is 5.75 Å². The third-order valence-electron chi connectivity index (χ3n) is 3.14. The second kappa shape index (κ2) is 7.40. The highest BCUT2D eigenvalue weighted by atomic mass is 19.1. The molecule has 120 valence electrons. The molecular weight excluding hydrogens is 299 g/mol. The van der Waals surface area contributed by atoms with Crippen LogP contribution in [-0.4, -0.2) is 18.4 Å². The third-order valence-corrected chi connectivity index (χ3v) is 3.14. The normalized spacial score (nSPS) is 10.0. The molecule has 5 nitrogen and oxygen atoms in total. The highest BCUT2D eigenvalue weighted by Gasteiger charge is 2.11. The Kier molecular flexibility index (Phi) is 5.30. The van der Waals surface area contributed by atoms with Gasteiger partial charge in [-0.3, -0.25) is 20.4 Å². The maximum Gasteiger partial charge on any atom is 0.276 e. The number of carbonyl (C=O) groups excluding carboxylic acids is 2. The van der Waals surface area contributed by atoms with Gasteiger partial charge in [-0.15, -0.1) is 0 Å². The van der Waals surface area contributed by atoms with E-state index in [0.29, 0.717) is 5.56 Å². The van der Waals surface area contributed by atoms with Crippen molar-refractivity contribution >= 4 is 11.8 Å². The Hall–Kier alpha value is -2.89. The number of hydrazine groups is 1. The standard InChI is InChI=1S/C17H17FN2O3/c1-11-7-8-13(12(2)9-11)17(22)20-19-16(21)10-23-15-6-4-3-5-14(15)18/h3-9H,10H2,1-2H3,(H,19,21)(H,20,22). The van der Waals surface area contributed by atoms with Crippen molar-refractivity contribution in [3.05, 3.63) is 65.0 Å². The maximum absolute atomic E-state index is 13.3. The van der Waals surface area contributed by atoms with E-state index >= 15 is 0 Å². The maximum atomic E-state index is 13.3. The van der Waals surface area contributed by atoms with Gasteiger partial charge in [0.05, 0.1) is 0 Å². The molecule has 2 rings (SSSR count). The molecule has 2 N–H and O–H groups in total. The number of hydrogen-bond donors (Lipinski definition) is 2. The van der Waals surface area contributed by atoms with E-state index in [0.717, 1.165) is 11.1 Å². The van der Waals surface area contributed by atoms with Crippen LogP contribution in [0.25, 0.3) is 0 Å². The van der Waals surface area contributed by atoms with Gasteiger partial charge in [0.2, 0.25) is 0 Å². The molecule has 0 aliphatic carbocycles. The summed E-state index contributed by atoms with van der Waals surface area (Å²) in [5, 5.41) is 0. The van der Waals surface area contributed by atoms with Crippen LogP contribution in [0.2, 0.25) is 0 Å². The fourth-order valence-corrected chi connectivity index (χ4v) is 2.00. The highest BCUT2D eigenvalue weighted by Crippen LogP contribution is 2.14. The Bertz CT molecular complexity index is 732. The van der Waals surface area contributed by atoms with E-state index in [1.807, 2.05) is 26.0 Å². The lowest BCUT2D eigenvalue weighted by molar-refractivity contribution is -0.123. The number of para-hydroxylation sites is 1. The van der Waals surface area contributed by atoms with Gasteiger partial charge >= 0.3 is 0 Å². The van der Waals surface area contributed by atoms with Crippen molar-refractivity contribution in [1.29, 1.82) is 0 Å². The zero-order valence-electron chi connectivity index (χ0n) is 12.9. The van der Waals surface area contributed by atoms with E-state index in [9.17, 15) is 14.0 Å². The minimum absolute atomic E-state index is 0.0247. The predicted molar refractivity (Wildman–Crippen MR) is 83.4 cm³/mol. The second-order valence-electron chi connectivity index (χ2n) is 5.04. The van der Waals surface area contributed by atoms with Crippen LogP contribution < -0.4 is 15.6 Å². The van der Waals surface area contributed by atoms with E-state index in [2.05, 4.69) is 10.9 Å². The molecule has 0 aliphatic rings. The molecule has 0 heterocycles. The second-order valence-corrected chi connectivity index (χ2v) is 5.04. The van der Waals surface area contributed by atoms with Crippen molar-refractivity contribution in [3.63, 3.8) is 0 Å². The molecule has 2 aromatic carbocycles. The van der Waals surface area contributed by atoms with Gasteiger partial charge in [-0.05, 0) is 37.6 Å². The monoisotopic (exact) mass is 316 g/mol. The fraction of sp³-hybridized carbons (Fsp3) is 0.176. The van der Waals surface area contributed by atoms with Gasteiger partial charge in [0, 0.05) is 5.56 Å². The Balaban J connectivity index is 1.84. The minimum Gasteiger partial charge on any atom is -0.481 e. The summed E-state index contributed by atoms with van der Waals surface area (Å²) >= 11 is 0. The number of rotatable bonds is 4. The van der Waals surface area contributed by atoms with E-state index in [1.54, 1.807) is 12.1 Å². The first-order chi connectivity index (χ1) is 11.0. The molecule has 0 aromatic heterocycles. The SMILES string of the molecule is Cc1ccc(C(=O)NNC(=O)COc2ccccc2F)c(C)c1. The molecule has 0 saturated carbocycles. The van der Waals surface area contributed by atoms with E-state index in [1.165, 1.54) is 18.2 Å². The summed E-state index contributed by atoms with van der Waals surface area (Å²) in [5.41, 5.74) is 6.84. The first kappa shape index (κ1) is 16.5. The van der Waals surface area contributed by atoms with Crippen molar-refractivity contribution in [1.82, 2.24) is 10.9 Å². The molecule has 2 amide bonds. The van der Waals surface area contributed by atoms with Gasteiger partial charge in [0.25, 0.3) is 11.8 Å². The van der Waals surface area contributed by atoms with Gasteiger partial charge in [-0.1, -0.05) is 29.8 Å². The van der Waals surface area contributed by atoms with Crippen LogP contribution in [0.4, 0.5) is 4.39 Å². The number of nitrogens with one attached hydrogen (secondary N) is 2. The Labute approximate surface area is 133 Å². The van der Waals surface area contributed by atoms with Crippen LogP contribution in [0, 0.1) is 19.7 Å². The summed E-state index contributed by atoms with van der Waals surface area (Å²) in [4.78, 5) is 23.6. The van der Waals surface area contributed by atoms with Crippen LogP contribution >= 0.6 is 0 Å². The number of ether oxygens (including phenoxy) is 1. The molecule has 0 aliphatic heterocycles. The summed E-state index contributed by atoms with van der Waals surface area (Å²) in [5.74, 6) is -1.60. The molecular formula is C17H17FN2O3. The van der Waals surface area contributed by atoms with E-state index in [-0.39, 0.29) is 5.75 Å². The first-order valence-electron chi connectivity index (χ1n) is 7.01. The zero-order chi connectivity index (χ0) is 16.8. The number of aryl methyl sites for hydroxylation is 2. The quantitative estimate of drug-likeness (QED) is 0.851. The topological polar surface area (TPSA) is 67.4 Å². The van der Waals surface area contributed by atoms with Crippen LogP contribution in [-0.2, 0) is 4.79 Å². The summed E-state index contributed by atoms with van der Waals surface area (Å²) < 4.78 is 18.4. The predicted octanol–water partition coefficient (Wildman–Crippen LogP) is 2.28.